The Labute approximate surface area is 150 Å². The molecule has 1 aromatic heterocycles. The lowest BCUT2D eigenvalue weighted by Crippen LogP contribution is -2.48. The van der Waals surface area contributed by atoms with E-state index in [9.17, 15) is 19.2 Å². The first-order valence-electron chi connectivity index (χ1n) is 8.33. The lowest BCUT2D eigenvalue weighted by Gasteiger charge is -2.14. The largest absolute Gasteiger partial charge is 0.355 e. The van der Waals surface area contributed by atoms with Crippen molar-refractivity contribution in [3.63, 3.8) is 0 Å². The van der Waals surface area contributed by atoms with Crippen LogP contribution in [0.2, 0.25) is 0 Å². The molecule has 0 aliphatic rings. The fourth-order valence-corrected chi connectivity index (χ4v) is 2.43. The molecule has 8 nitrogen and oxygen atoms in total. The Kier molecular flexibility index (Phi) is 6.48. The minimum Gasteiger partial charge on any atom is -0.355 e. The summed E-state index contributed by atoms with van der Waals surface area (Å²) in [5.41, 5.74) is -0.253. The predicted octanol–water partition coefficient (Wildman–Crippen LogP) is -0.301. The third-order valence-electron chi connectivity index (χ3n) is 3.76. The van der Waals surface area contributed by atoms with E-state index in [1.54, 1.807) is 6.92 Å². The third-order valence-corrected chi connectivity index (χ3v) is 3.76. The molecule has 0 spiro atoms. The van der Waals surface area contributed by atoms with Crippen LogP contribution in [0.15, 0.2) is 52.2 Å². The zero-order valence-corrected chi connectivity index (χ0v) is 14.8. The van der Waals surface area contributed by atoms with Gasteiger partial charge in [0, 0.05) is 18.8 Å². The standard InChI is InChI=1S/C18H22N4O4/c1-3-19-17(25)13(2)20-15(23)12-22-16(24)9-10-21(18(22)26)11-14-7-5-4-6-8-14/h4-10,13H,3,11-12H2,1-2H3,(H,19,25)(H,20,23)/t13-/m1/s1. The number of rotatable bonds is 7. The first-order chi connectivity index (χ1) is 12.4. The Morgan fingerprint density at radius 3 is 2.46 bits per heavy atom. The zero-order chi connectivity index (χ0) is 19.1. The SMILES string of the molecule is CCNC(=O)[C@@H](C)NC(=O)Cn1c(=O)ccn(Cc2ccccc2)c1=O. The van der Waals surface area contributed by atoms with E-state index in [0.717, 1.165) is 10.1 Å². The van der Waals surface area contributed by atoms with Gasteiger partial charge >= 0.3 is 5.69 Å². The van der Waals surface area contributed by atoms with Gasteiger partial charge in [0.25, 0.3) is 5.56 Å². The second-order valence-electron chi connectivity index (χ2n) is 5.82. The summed E-state index contributed by atoms with van der Waals surface area (Å²) in [6.45, 7) is 3.59. The van der Waals surface area contributed by atoms with Crippen LogP contribution in [0.5, 0.6) is 0 Å². The molecule has 0 aliphatic heterocycles. The van der Waals surface area contributed by atoms with Gasteiger partial charge in [0.05, 0.1) is 6.54 Å². The molecule has 8 heteroatoms. The van der Waals surface area contributed by atoms with Gasteiger partial charge in [-0.3, -0.25) is 23.5 Å². The van der Waals surface area contributed by atoms with Crippen LogP contribution in [-0.4, -0.2) is 33.5 Å². The number of aromatic nitrogens is 2. The van der Waals surface area contributed by atoms with Gasteiger partial charge in [-0.1, -0.05) is 30.3 Å². The van der Waals surface area contributed by atoms with Crippen molar-refractivity contribution in [1.82, 2.24) is 19.8 Å². The molecule has 2 amide bonds. The zero-order valence-electron chi connectivity index (χ0n) is 14.8. The number of hydrogen-bond donors (Lipinski definition) is 2. The van der Waals surface area contributed by atoms with Crippen molar-refractivity contribution in [2.45, 2.75) is 33.0 Å². The third kappa shape index (κ3) is 4.92. The number of likely N-dealkylation sites (N-methyl/N-ethyl adjacent to an activating group) is 1. The lowest BCUT2D eigenvalue weighted by atomic mass is 10.2. The maximum atomic E-state index is 12.5. The molecule has 0 saturated heterocycles. The second kappa shape index (κ2) is 8.80. The second-order valence-corrected chi connectivity index (χ2v) is 5.82. The fraction of sp³-hybridized carbons (Fsp3) is 0.333. The summed E-state index contributed by atoms with van der Waals surface area (Å²) in [4.78, 5) is 48.3. The highest BCUT2D eigenvalue weighted by Gasteiger charge is 2.16. The normalized spacial score (nSPS) is 11.6. The van der Waals surface area contributed by atoms with Crippen molar-refractivity contribution < 1.29 is 9.59 Å². The Morgan fingerprint density at radius 1 is 1.12 bits per heavy atom. The predicted molar refractivity (Wildman–Crippen MR) is 96.8 cm³/mol. The van der Waals surface area contributed by atoms with Crippen LogP contribution in [0.25, 0.3) is 0 Å². The smallest absolute Gasteiger partial charge is 0.331 e. The van der Waals surface area contributed by atoms with Gasteiger partial charge in [-0.2, -0.15) is 0 Å². The highest BCUT2D eigenvalue weighted by molar-refractivity contribution is 5.87. The number of hydrogen-bond acceptors (Lipinski definition) is 4. The van der Waals surface area contributed by atoms with Gasteiger partial charge < -0.3 is 10.6 Å². The van der Waals surface area contributed by atoms with E-state index in [0.29, 0.717) is 6.54 Å². The molecular weight excluding hydrogens is 336 g/mol. The summed E-state index contributed by atoms with van der Waals surface area (Å²) >= 11 is 0. The van der Waals surface area contributed by atoms with Crippen molar-refractivity contribution >= 4 is 11.8 Å². The number of carbonyl (C=O) groups excluding carboxylic acids is 2. The lowest BCUT2D eigenvalue weighted by molar-refractivity contribution is -0.128. The maximum Gasteiger partial charge on any atom is 0.331 e. The summed E-state index contributed by atoms with van der Waals surface area (Å²) < 4.78 is 2.21. The van der Waals surface area contributed by atoms with E-state index >= 15 is 0 Å². The van der Waals surface area contributed by atoms with Gasteiger partial charge in [-0.25, -0.2) is 4.79 Å². The van der Waals surface area contributed by atoms with Crippen LogP contribution in [0.3, 0.4) is 0 Å². The van der Waals surface area contributed by atoms with E-state index in [2.05, 4.69) is 10.6 Å². The molecule has 2 rings (SSSR count). The average molecular weight is 358 g/mol. The molecule has 0 bridgehead atoms. The maximum absolute atomic E-state index is 12.5. The fourth-order valence-electron chi connectivity index (χ4n) is 2.43. The number of carbonyl (C=O) groups is 2. The van der Waals surface area contributed by atoms with Crippen molar-refractivity contribution in [2.75, 3.05) is 6.54 Å². The van der Waals surface area contributed by atoms with E-state index in [-0.39, 0.29) is 12.5 Å². The number of benzene rings is 1. The minimum absolute atomic E-state index is 0.289. The number of amides is 2. The molecule has 1 aromatic carbocycles. The van der Waals surface area contributed by atoms with Crippen LogP contribution >= 0.6 is 0 Å². The topological polar surface area (TPSA) is 102 Å². The monoisotopic (exact) mass is 358 g/mol. The molecule has 0 fully saturated rings. The Balaban J connectivity index is 2.15. The molecule has 1 heterocycles. The van der Waals surface area contributed by atoms with Crippen LogP contribution in [0.1, 0.15) is 19.4 Å². The molecular formula is C18H22N4O4. The molecule has 26 heavy (non-hydrogen) atoms. The molecule has 0 saturated carbocycles. The number of nitrogens with zero attached hydrogens (tertiary/aromatic N) is 2. The van der Waals surface area contributed by atoms with Gasteiger partial charge in [0.1, 0.15) is 12.6 Å². The highest BCUT2D eigenvalue weighted by atomic mass is 16.2. The first kappa shape index (κ1) is 19.2. The average Bonchev–Trinajstić information content (AvgIpc) is 2.62. The molecule has 0 radical (unpaired) electrons. The Morgan fingerprint density at radius 2 is 1.81 bits per heavy atom. The van der Waals surface area contributed by atoms with E-state index in [1.165, 1.54) is 23.8 Å². The molecule has 2 aromatic rings. The number of nitrogens with one attached hydrogen (secondary N) is 2. The van der Waals surface area contributed by atoms with Gasteiger partial charge in [0.15, 0.2) is 0 Å². The molecule has 1 atom stereocenters. The van der Waals surface area contributed by atoms with Crippen LogP contribution < -0.4 is 21.9 Å². The summed E-state index contributed by atoms with van der Waals surface area (Å²) in [6, 6.07) is 9.79. The van der Waals surface area contributed by atoms with Gasteiger partial charge in [-0.15, -0.1) is 0 Å². The molecule has 2 N–H and O–H groups in total. The summed E-state index contributed by atoms with van der Waals surface area (Å²) in [6.07, 6.45) is 1.41. The Hall–Kier alpha value is -3.16. The highest BCUT2D eigenvalue weighted by Crippen LogP contribution is 1.99. The van der Waals surface area contributed by atoms with Crippen molar-refractivity contribution in [1.29, 1.82) is 0 Å². The van der Waals surface area contributed by atoms with Gasteiger partial charge in [-0.05, 0) is 19.4 Å². The molecule has 0 unspecified atom stereocenters. The first-order valence-corrected chi connectivity index (χ1v) is 8.33. The Bertz CT molecular complexity index is 886. The van der Waals surface area contributed by atoms with Crippen molar-refractivity contribution in [3.8, 4) is 0 Å². The summed E-state index contributed by atoms with van der Waals surface area (Å²) in [5.74, 6) is -0.914. The van der Waals surface area contributed by atoms with Crippen molar-refractivity contribution in [2.24, 2.45) is 0 Å². The summed E-state index contributed by atoms with van der Waals surface area (Å²) in [5, 5.41) is 5.06. The van der Waals surface area contributed by atoms with Crippen LogP contribution in [0, 0.1) is 0 Å². The summed E-state index contributed by atoms with van der Waals surface area (Å²) in [7, 11) is 0. The van der Waals surface area contributed by atoms with E-state index in [1.807, 2.05) is 30.3 Å². The molecule has 0 aliphatic carbocycles. The van der Waals surface area contributed by atoms with Crippen LogP contribution in [-0.2, 0) is 22.7 Å². The van der Waals surface area contributed by atoms with Gasteiger partial charge in [0.2, 0.25) is 11.8 Å². The quantitative estimate of drug-likeness (QED) is 0.709. The molecule has 138 valence electrons. The van der Waals surface area contributed by atoms with E-state index < -0.39 is 29.7 Å². The van der Waals surface area contributed by atoms with Crippen molar-refractivity contribution in [3.05, 3.63) is 69.0 Å². The van der Waals surface area contributed by atoms with Crippen LogP contribution in [0.4, 0.5) is 0 Å². The minimum atomic E-state index is -0.756. The van der Waals surface area contributed by atoms with E-state index in [4.69, 9.17) is 0 Å².